The molecule has 0 spiro atoms. The predicted molar refractivity (Wildman–Crippen MR) is 128 cm³/mol. The third-order valence-corrected chi connectivity index (χ3v) is 5.81. The van der Waals surface area contributed by atoms with Gasteiger partial charge in [-0.2, -0.15) is 10.4 Å². The number of hydrogen-bond acceptors (Lipinski definition) is 7. The number of likely N-dealkylation sites (N-methyl/N-ethyl adjacent to an activating group) is 1. The molecule has 0 amide bonds. The van der Waals surface area contributed by atoms with E-state index in [0.717, 1.165) is 22.1 Å². The van der Waals surface area contributed by atoms with Crippen LogP contribution in [-0.2, 0) is 0 Å². The number of nitriles is 1. The van der Waals surface area contributed by atoms with Gasteiger partial charge in [-0.25, -0.2) is 9.97 Å². The highest BCUT2D eigenvalue weighted by Gasteiger charge is 2.21. The first-order valence-corrected chi connectivity index (χ1v) is 11.0. The van der Waals surface area contributed by atoms with Crippen molar-refractivity contribution in [1.29, 1.82) is 5.26 Å². The molecule has 0 saturated heterocycles. The normalized spacial score (nSPS) is 11.2. The predicted octanol–water partition coefficient (Wildman–Crippen LogP) is 3.90. The number of ether oxygens (including phenoxy) is 1. The second kappa shape index (κ2) is 9.13. The van der Waals surface area contributed by atoms with E-state index in [-0.39, 0.29) is 11.5 Å². The van der Waals surface area contributed by atoms with Crippen molar-refractivity contribution in [3.05, 3.63) is 52.0 Å². The lowest BCUT2D eigenvalue weighted by atomic mass is 10.0. The van der Waals surface area contributed by atoms with Gasteiger partial charge >= 0.3 is 0 Å². The van der Waals surface area contributed by atoms with E-state index in [1.165, 1.54) is 6.92 Å². The molecule has 0 saturated carbocycles. The number of halogens is 1. The third-order valence-electron chi connectivity index (χ3n) is 5.19. The molecule has 0 bridgehead atoms. The number of ketones is 1. The molecule has 0 aliphatic carbocycles. The Morgan fingerprint density at radius 3 is 2.82 bits per heavy atom. The second-order valence-electron chi connectivity index (χ2n) is 7.84. The van der Waals surface area contributed by atoms with E-state index in [0.29, 0.717) is 40.7 Å². The van der Waals surface area contributed by atoms with Crippen molar-refractivity contribution in [2.24, 2.45) is 0 Å². The molecule has 168 valence electrons. The molecule has 0 unspecified atom stereocenters. The Bertz CT molecular complexity index is 1400. The molecule has 4 rings (SSSR count). The van der Waals surface area contributed by atoms with Crippen LogP contribution in [0.25, 0.3) is 28.1 Å². The number of aromatic nitrogens is 5. The van der Waals surface area contributed by atoms with Crippen LogP contribution in [0.15, 0.2) is 35.1 Å². The second-order valence-corrected chi connectivity index (χ2v) is 8.70. The summed E-state index contributed by atoms with van der Waals surface area (Å²) >= 11 is 3.56. The maximum absolute atomic E-state index is 12.3. The first kappa shape index (κ1) is 22.6. The fraction of sp³-hybridized carbons (Fsp3) is 0.261. The standard InChI is InChI=1S/C23H22BrN7O2/c1-13-22(18(11-25)29-28-13)23-15(14(2)32)5-6-21(27-23)31-12-26-17-9-16(24)20(10-19(17)31)33-8-7-30(3)4/h5-6,9-10,12H,7-8H2,1-4H3,(H,28,29). The van der Waals surface area contributed by atoms with Crippen LogP contribution in [0.2, 0.25) is 0 Å². The highest BCUT2D eigenvalue weighted by molar-refractivity contribution is 9.10. The highest BCUT2D eigenvalue weighted by atomic mass is 79.9. The number of H-pyrrole nitrogens is 1. The minimum absolute atomic E-state index is 0.149. The zero-order valence-corrected chi connectivity index (χ0v) is 20.3. The lowest BCUT2D eigenvalue weighted by Crippen LogP contribution is -2.19. The number of aromatic amines is 1. The number of imidazole rings is 1. The lowest BCUT2D eigenvalue weighted by Gasteiger charge is -2.13. The molecule has 4 aromatic rings. The van der Waals surface area contributed by atoms with E-state index in [1.54, 1.807) is 25.4 Å². The minimum atomic E-state index is -0.149. The highest BCUT2D eigenvalue weighted by Crippen LogP contribution is 2.33. The Hall–Kier alpha value is -3.55. The van der Waals surface area contributed by atoms with Crippen molar-refractivity contribution in [3.8, 4) is 28.9 Å². The summed E-state index contributed by atoms with van der Waals surface area (Å²) in [6, 6.07) is 9.35. The molecule has 0 atom stereocenters. The smallest absolute Gasteiger partial charge is 0.171 e. The van der Waals surface area contributed by atoms with Gasteiger partial charge in [0.2, 0.25) is 0 Å². The zero-order valence-electron chi connectivity index (χ0n) is 18.7. The Morgan fingerprint density at radius 1 is 1.33 bits per heavy atom. The van der Waals surface area contributed by atoms with Gasteiger partial charge in [-0.05, 0) is 62.1 Å². The van der Waals surface area contributed by atoms with E-state index in [4.69, 9.17) is 9.72 Å². The van der Waals surface area contributed by atoms with Gasteiger partial charge in [0.15, 0.2) is 11.5 Å². The van der Waals surface area contributed by atoms with Crippen molar-refractivity contribution in [2.45, 2.75) is 13.8 Å². The number of fused-ring (bicyclic) bond motifs is 1. The maximum Gasteiger partial charge on any atom is 0.171 e. The number of carbonyl (C=O) groups is 1. The average Bonchev–Trinajstić information content (AvgIpc) is 3.35. The Morgan fingerprint density at radius 2 is 2.12 bits per heavy atom. The summed E-state index contributed by atoms with van der Waals surface area (Å²) in [6.45, 7) is 4.59. The van der Waals surface area contributed by atoms with Gasteiger partial charge in [-0.1, -0.05) is 0 Å². The van der Waals surface area contributed by atoms with E-state index in [1.807, 2.05) is 35.7 Å². The number of carbonyl (C=O) groups excluding carboxylic acids is 1. The molecule has 9 nitrogen and oxygen atoms in total. The summed E-state index contributed by atoms with van der Waals surface area (Å²) in [7, 11) is 3.98. The van der Waals surface area contributed by atoms with Gasteiger partial charge in [0.1, 0.15) is 30.6 Å². The van der Waals surface area contributed by atoms with Crippen molar-refractivity contribution in [3.63, 3.8) is 0 Å². The molecule has 10 heteroatoms. The zero-order chi connectivity index (χ0) is 23.7. The number of aryl methyl sites for hydroxylation is 1. The van der Waals surface area contributed by atoms with Gasteiger partial charge in [0.25, 0.3) is 0 Å². The Kier molecular flexibility index (Phi) is 6.26. The molecular formula is C23H22BrN7O2. The lowest BCUT2D eigenvalue weighted by molar-refractivity contribution is 0.101. The van der Waals surface area contributed by atoms with Crippen LogP contribution in [0.4, 0.5) is 0 Å². The summed E-state index contributed by atoms with van der Waals surface area (Å²) in [4.78, 5) is 23.6. The van der Waals surface area contributed by atoms with Crippen molar-refractivity contribution in [2.75, 3.05) is 27.2 Å². The van der Waals surface area contributed by atoms with Crippen LogP contribution >= 0.6 is 15.9 Å². The van der Waals surface area contributed by atoms with Crippen LogP contribution in [0, 0.1) is 18.3 Å². The van der Waals surface area contributed by atoms with Gasteiger partial charge in [-0.3, -0.25) is 14.5 Å². The number of nitrogens with zero attached hydrogens (tertiary/aromatic N) is 6. The summed E-state index contributed by atoms with van der Waals surface area (Å²) < 4.78 is 8.59. The minimum Gasteiger partial charge on any atom is -0.491 e. The maximum atomic E-state index is 12.3. The van der Waals surface area contributed by atoms with Crippen molar-refractivity contribution < 1.29 is 9.53 Å². The van der Waals surface area contributed by atoms with Crippen LogP contribution in [0.1, 0.15) is 28.7 Å². The SMILES string of the molecule is CC(=O)c1ccc(-n2cnc3cc(Br)c(OCCN(C)C)cc32)nc1-c1c(C#N)n[nH]c1C. The molecule has 33 heavy (non-hydrogen) atoms. The molecule has 1 aromatic carbocycles. The molecular weight excluding hydrogens is 486 g/mol. The van der Waals surface area contributed by atoms with Crippen molar-refractivity contribution >= 4 is 32.7 Å². The number of nitrogens with one attached hydrogen (secondary N) is 1. The molecule has 0 aliphatic heterocycles. The van der Waals surface area contributed by atoms with Crippen LogP contribution in [0.3, 0.4) is 0 Å². The number of hydrogen-bond donors (Lipinski definition) is 1. The van der Waals surface area contributed by atoms with E-state index < -0.39 is 0 Å². The fourth-order valence-electron chi connectivity index (χ4n) is 3.50. The van der Waals surface area contributed by atoms with E-state index in [9.17, 15) is 10.1 Å². The van der Waals surface area contributed by atoms with Gasteiger partial charge in [0.05, 0.1) is 26.8 Å². The van der Waals surface area contributed by atoms with E-state index in [2.05, 4.69) is 37.2 Å². The molecule has 0 radical (unpaired) electrons. The van der Waals surface area contributed by atoms with Crippen LogP contribution in [-0.4, -0.2) is 62.7 Å². The molecule has 1 N–H and O–H groups in total. The average molecular weight is 508 g/mol. The molecule has 3 heterocycles. The third kappa shape index (κ3) is 4.37. The molecule has 0 aliphatic rings. The molecule has 3 aromatic heterocycles. The van der Waals surface area contributed by atoms with E-state index >= 15 is 0 Å². The van der Waals surface area contributed by atoms with Gasteiger partial charge in [-0.15, -0.1) is 0 Å². The monoisotopic (exact) mass is 507 g/mol. The fourth-order valence-corrected chi connectivity index (χ4v) is 3.95. The first-order chi connectivity index (χ1) is 15.8. The van der Waals surface area contributed by atoms with Crippen LogP contribution in [0.5, 0.6) is 5.75 Å². The Balaban J connectivity index is 1.84. The number of pyridine rings is 1. The summed E-state index contributed by atoms with van der Waals surface area (Å²) in [6.07, 6.45) is 1.67. The quantitative estimate of drug-likeness (QED) is 0.377. The summed E-state index contributed by atoms with van der Waals surface area (Å²) in [5.74, 6) is 1.11. The number of rotatable bonds is 7. The van der Waals surface area contributed by atoms with Crippen molar-refractivity contribution in [1.82, 2.24) is 29.6 Å². The topological polar surface area (TPSA) is 113 Å². The van der Waals surface area contributed by atoms with Crippen LogP contribution < -0.4 is 4.74 Å². The Labute approximate surface area is 199 Å². The first-order valence-electron chi connectivity index (χ1n) is 10.2. The van der Waals surface area contributed by atoms with Gasteiger partial charge < -0.3 is 9.64 Å². The number of Topliss-reactive ketones (excluding diaryl/α,β-unsaturated/α-hetero) is 1. The largest absolute Gasteiger partial charge is 0.491 e. The number of benzene rings is 1. The summed E-state index contributed by atoms with van der Waals surface area (Å²) in [5.41, 5.74) is 3.76. The molecule has 0 fully saturated rings. The van der Waals surface area contributed by atoms with Gasteiger partial charge in [0, 0.05) is 23.9 Å². The summed E-state index contributed by atoms with van der Waals surface area (Å²) in [5, 5.41) is 16.3.